The van der Waals surface area contributed by atoms with E-state index in [1.165, 1.54) is 31.2 Å². The van der Waals surface area contributed by atoms with Gasteiger partial charge in [0, 0.05) is 24.0 Å². The van der Waals surface area contributed by atoms with Crippen LogP contribution in [-0.4, -0.2) is 17.0 Å². The lowest BCUT2D eigenvalue weighted by atomic mass is 9.70. The first-order chi connectivity index (χ1) is 8.12. The summed E-state index contributed by atoms with van der Waals surface area (Å²) >= 11 is 0. The van der Waals surface area contributed by atoms with Gasteiger partial charge in [0.15, 0.2) is 0 Å². The summed E-state index contributed by atoms with van der Waals surface area (Å²) < 4.78 is 0. The normalized spacial score (nSPS) is 22.3. The van der Waals surface area contributed by atoms with Gasteiger partial charge in [-0.1, -0.05) is 13.8 Å². The lowest BCUT2D eigenvalue weighted by Crippen LogP contribution is -2.31. The predicted octanol–water partition coefficient (Wildman–Crippen LogP) is 2.95. The highest BCUT2D eigenvalue weighted by Crippen LogP contribution is 2.42. The number of hydrogen-bond acceptors (Lipinski definition) is 3. The van der Waals surface area contributed by atoms with E-state index in [1.54, 1.807) is 6.33 Å². The van der Waals surface area contributed by atoms with E-state index < -0.39 is 0 Å². The molecule has 0 spiro atoms. The molecule has 1 N–H and O–H groups in total. The Bertz CT molecular complexity index is 338. The van der Waals surface area contributed by atoms with Crippen molar-refractivity contribution in [1.82, 2.24) is 15.3 Å². The molecule has 1 saturated carbocycles. The van der Waals surface area contributed by atoms with Crippen LogP contribution < -0.4 is 5.32 Å². The van der Waals surface area contributed by atoms with Crippen molar-refractivity contribution in [2.75, 3.05) is 7.05 Å². The number of rotatable bonds is 3. The summed E-state index contributed by atoms with van der Waals surface area (Å²) in [4.78, 5) is 8.25. The first-order valence-electron chi connectivity index (χ1n) is 6.54. The maximum Gasteiger partial charge on any atom is 0.115 e. The van der Waals surface area contributed by atoms with E-state index >= 15 is 0 Å². The van der Waals surface area contributed by atoms with E-state index in [9.17, 15) is 0 Å². The van der Waals surface area contributed by atoms with Gasteiger partial charge in [-0.2, -0.15) is 0 Å². The van der Waals surface area contributed by atoms with Gasteiger partial charge in [0.05, 0.1) is 0 Å². The third-order valence-electron chi connectivity index (χ3n) is 4.11. The average Bonchev–Trinajstić information content (AvgIpc) is 2.33. The number of nitrogens with one attached hydrogen (secondary N) is 1. The van der Waals surface area contributed by atoms with Gasteiger partial charge in [0.2, 0.25) is 0 Å². The minimum absolute atomic E-state index is 0.410. The SMILES string of the molecule is CNC(c1cncnc1)C1CCC(C)(C)CC1. The van der Waals surface area contributed by atoms with Crippen molar-refractivity contribution in [1.29, 1.82) is 0 Å². The van der Waals surface area contributed by atoms with Crippen LogP contribution in [0.15, 0.2) is 18.7 Å². The summed E-state index contributed by atoms with van der Waals surface area (Å²) in [6.45, 7) is 4.76. The predicted molar refractivity (Wildman–Crippen MR) is 69.6 cm³/mol. The highest BCUT2D eigenvalue weighted by Gasteiger charge is 2.31. The maximum absolute atomic E-state index is 4.13. The van der Waals surface area contributed by atoms with Gasteiger partial charge in [0.25, 0.3) is 0 Å². The molecule has 0 aliphatic heterocycles. The number of aromatic nitrogens is 2. The number of nitrogens with zero attached hydrogens (tertiary/aromatic N) is 2. The monoisotopic (exact) mass is 233 g/mol. The molecule has 0 amide bonds. The Morgan fingerprint density at radius 3 is 2.35 bits per heavy atom. The highest BCUT2D eigenvalue weighted by molar-refractivity contribution is 5.11. The van der Waals surface area contributed by atoms with Gasteiger partial charge in [0.1, 0.15) is 6.33 Å². The molecule has 1 atom stereocenters. The Balaban J connectivity index is 2.05. The van der Waals surface area contributed by atoms with Crippen LogP contribution in [0.4, 0.5) is 0 Å². The average molecular weight is 233 g/mol. The lowest BCUT2D eigenvalue weighted by Gasteiger charge is -2.37. The number of hydrogen-bond donors (Lipinski definition) is 1. The summed E-state index contributed by atoms with van der Waals surface area (Å²) in [6.07, 6.45) is 10.7. The van der Waals surface area contributed by atoms with Crippen LogP contribution in [0.1, 0.15) is 51.1 Å². The van der Waals surface area contributed by atoms with E-state index in [2.05, 4.69) is 29.1 Å². The molecule has 1 heterocycles. The molecule has 0 aromatic carbocycles. The molecule has 0 radical (unpaired) electrons. The fraction of sp³-hybridized carbons (Fsp3) is 0.714. The fourth-order valence-corrected chi connectivity index (χ4v) is 2.90. The summed E-state index contributed by atoms with van der Waals surface area (Å²) in [6, 6.07) is 0.410. The second-order valence-corrected chi connectivity index (χ2v) is 5.94. The summed E-state index contributed by atoms with van der Waals surface area (Å²) in [5.41, 5.74) is 1.75. The first kappa shape index (κ1) is 12.5. The molecule has 1 unspecified atom stereocenters. The summed E-state index contributed by atoms with van der Waals surface area (Å²) in [5.74, 6) is 0.721. The molecule has 1 aromatic heterocycles. The maximum atomic E-state index is 4.13. The lowest BCUT2D eigenvalue weighted by molar-refractivity contribution is 0.164. The highest BCUT2D eigenvalue weighted by atomic mass is 14.9. The van der Waals surface area contributed by atoms with E-state index in [4.69, 9.17) is 0 Å². The van der Waals surface area contributed by atoms with Crippen molar-refractivity contribution in [3.05, 3.63) is 24.3 Å². The Labute approximate surface area is 104 Å². The quantitative estimate of drug-likeness (QED) is 0.872. The van der Waals surface area contributed by atoms with Crippen molar-refractivity contribution >= 4 is 0 Å². The van der Waals surface area contributed by atoms with Gasteiger partial charge >= 0.3 is 0 Å². The Hall–Kier alpha value is -0.960. The minimum Gasteiger partial charge on any atom is -0.313 e. The molecule has 3 heteroatoms. The van der Waals surface area contributed by atoms with Gasteiger partial charge in [-0.25, -0.2) is 9.97 Å². The van der Waals surface area contributed by atoms with Crippen molar-refractivity contribution in [3.63, 3.8) is 0 Å². The molecule has 1 aromatic rings. The minimum atomic E-state index is 0.410. The fourth-order valence-electron chi connectivity index (χ4n) is 2.90. The van der Waals surface area contributed by atoms with Gasteiger partial charge < -0.3 is 5.32 Å². The zero-order valence-corrected chi connectivity index (χ0v) is 11.1. The molecule has 1 aliphatic carbocycles. The van der Waals surface area contributed by atoms with Crippen LogP contribution in [0.5, 0.6) is 0 Å². The van der Waals surface area contributed by atoms with Crippen LogP contribution in [-0.2, 0) is 0 Å². The Kier molecular flexibility index (Phi) is 3.77. The molecule has 94 valence electrons. The van der Waals surface area contributed by atoms with Crippen molar-refractivity contribution in [3.8, 4) is 0 Å². The molecule has 0 bridgehead atoms. The van der Waals surface area contributed by atoms with E-state index in [0.29, 0.717) is 11.5 Å². The molecule has 1 fully saturated rings. The largest absolute Gasteiger partial charge is 0.313 e. The molecular formula is C14H23N3. The van der Waals surface area contributed by atoms with Crippen LogP contribution in [0.2, 0.25) is 0 Å². The zero-order valence-electron chi connectivity index (χ0n) is 11.1. The van der Waals surface area contributed by atoms with Gasteiger partial charge in [-0.15, -0.1) is 0 Å². The smallest absolute Gasteiger partial charge is 0.115 e. The third kappa shape index (κ3) is 3.03. The Morgan fingerprint density at radius 1 is 1.24 bits per heavy atom. The van der Waals surface area contributed by atoms with Crippen LogP contribution in [0.3, 0.4) is 0 Å². The van der Waals surface area contributed by atoms with Crippen LogP contribution in [0.25, 0.3) is 0 Å². The second-order valence-electron chi connectivity index (χ2n) is 5.94. The second kappa shape index (κ2) is 5.13. The van der Waals surface area contributed by atoms with E-state index in [0.717, 1.165) is 5.92 Å². The van der Waals surface area contributed by atoms with Crippen molar-refractivity contribution in [2.24, 2.45) is 11.3 Å². The zero-order chi connectivity index (χ0) is 12.3. The molecule has 2 rings (SSSR count). The summed E-state index contributed by atoms with van der Waals surface area (Å²) in [5, 5.41) is 3.44. The van der Waals surface area contributed by atoms with Gasteiger partial charge in [-0.3, -0.25) is 0 Å². The Morgan fingerprint density at radius 2 is 1.82 bits per heavy atom. The van der Waals surface area contributed by atoms with E-state index in [-0.39, 0.29) is 0 Å². The first-order valence-corrected chi connectivity index (χ1v) is 6.54. The topological polar surface area (TPSA) is 37.8 Å². The molecule has 3 nitrogen and oxygen atoms in total. The van der Waals surface area contributed by atoms with Crippen LogP contribution >= 0.6 is 0 Å². The van der Waals surface area contributed by atoms with Crippen LogP contribution in [0, 0.1) is 11.3 Å². The molecular weight excluding hydrogens is 210 g/mol. The van der Waals surface area contributed by atoms with Gasteiger partial charge in [-0.05, 0) is 44.1 Å². The third-order valence-corrected chi connectivity index (χ3v) is 4.11. The van der Waals surface area contributed by atoms with Crippen molar-refractivity contribution in [2.45, 2.75) is 45.6 Å². The molecule has 17 heavy (non-hydrogen) atoms. The van der Waals surface area contributed by atoms with Crippen molar-refractivity contribution < 1.29 is 0 Å². The standard InChI is InChI=1S/C14H23N3/c1-14(2)6-4-11(5-7-14)13(15-3)12-8-16-10-17-9-12/h8-11,13,15H,4-7H2,1-3H3. The molecule has 0 saturated heterocycles. The summed E-state index contributed by atoms with van der Waals surface area (Å²) in [7, 11) is 2.04. The molecule has 1 aliphatic rings. The van der Waals surface area contributed by atoms with E-state index in [1.807, 2.05) is 19.4 Å².